The maximum atomic E-state index is 5.29. The molecule has 54 valence electrons. The molecule has 0 spiro atoms. The summed E-state index contributed by atoms with van der Waals surface area (Å²) in [5, 5.41) is 0. The highest BCUT2D eigenvalue weighted by atomic mass is 79.9. The lowest BCUT2D eigenvalue weighted by molar-refractivity contribution is 1.26. The van der Waals surface area contributed by atoms with Gasteiger partial charge in [0.1, 0.15) is 0 Å². The predicted molar refractivity (Wildman–Crippen MR) is 50.1 cm³/mol. The number of halogens is 1. The minimum atomic E-state index is 0.607. The van der Waals surface area contributed by atoms with E-state index in [1.165, 1.54) is 4.88 Å². The van der Waals surface area contributed by atoms with E-state index in [1.807, 2.05) is 18.2 Å². The molecule has 0 saturated carbocycles. The molecule has 3 heteroatoms. The standard InChI is InChI=1S/C7H8BrNS/c8-7-4-3-6(10-7)2-1-5-9/h1-4H,5,9H2/b2-1+. The van der Waals surface area contributed by atoms with E-state index in [0.717, 1.165) is 3.79 Å². The highest BCUT2D eigenvalue weighted by Crippen LogP contribution is 2.22. The first kappa shape index (κ1) is 7.98. The summed E-state index contributed by atoms with van der Waals surface area (Å²) in [6.07, 6.45) is 3.97. The van der Waals surface area contributed by atoms with Gasteiger partial charge >= 0.3 is 0 Å². The SMILES string of the molecule is NC/C=C/c1ccc(Br)s1. The molecule has 0 saturated heterocycles. The van der Waals surface area contributed by atoms with Crippen molar-refractivity contribution in [1.29, 1.82) is 0 Å². The average molecular weight is 218 g/mol. The lowest BCUT2D eigenvalue weighted by atomic mass is 10.4. The highest BCUT2D eigenvalue weighted by molar-refractivity contribution is 9.11. The summed E-state index contributed by atoms with van der Waals surface area (Å²) in [5.74, 6) is 0. The Morgan fingerprint density at radius 2 is 2.40 bits per heavy atom. The van der Waals surface area contributed by atoms with Gasteiger partial charge in [-0.15, -0.1) is 11.3 Å². The topological polar surface area (TPSA) is 26.0 Å². The van der Waals surface area contributed by atoms with Crippen molar-refractivity contribution in [2.75, 3.05) is 6.54 Å². The Balaban J connectivity index is 2.67. The molecule has 0 bridgehead atoms. The molecular formula is C7H8BrNS. The van der Waals surface area contributed by atoms with Crippen molar-refractivity contribution in [3.8, 4) is 0 Å². The number of hydrogen-bond donors (Lipinski definition) is 1. The summed E-state index contributed by atoms with van der Waals surface area (Å²) in [6.45, 7) is 0.607. The smallest absolute Gasteiger partial charge is 0.0704 e. The van der Waals surface area contributed by atoms with E-state index in [4.69, 9.17) is 5.73 Å². The second-order valence-corrected chi connectivity index (χ2v) is 4.27. The number of nitrogens with two attached hydrogens (primary N) is 1. The maximum absolute atomic E-state index is 5.29. The van der Waals surface area contributed by atoms with E-state index < -0.39 is 0 Å². The summed E-state index contributed by atoms with van der Waals surface area (Å²) in [5.41, 5.74) is 5.29. The minimum absolute atomic E-state index is 0.607. The molecule has 0 fully saturated rings. The molecule has 0 aliphatic carbocycles. The van der Waals surface area contributed by atoms with Crippen LogP contribution in [-0.2, 0) is 0 Å². The van der Waals surface area contributed by atoms with Crippen LogP contribution in [-0.4, -0.2) is 6.54 Å². The predicted octanol–water partition coefficient (Wildman–Crippen LogP) is 2.48. The van der Waals surface area contributed by atoms with Gasteiger partial charge in [0.05, 0.1) is 3.79 Å². The van der Waals surface area contributed by atoms with Gasteiger partial charge in [-0.05, 0) is 34.1 Å². The van der Waals surface area contributed by atoms with E-state index in [1.54, 1.807) is 11.3 Å². The summed E-state index contributed by atoms with van der Waals surface area (Å²) >= 11 is 5.08. The quantitative estimate of drug-likeness (QED) is 0.810. The van der Waals surface area contributed by atoms with Crippen molar-refractivity contribution in [3.05, 3.63) is 26.9 Å². The molecule has 0 atom stereocenters. The molecule has 1 rings (SSSR count). The van der Waals surface area contributed by atoms with Crippen LogP contribution in [0, 0.1) is 0 Å². The van der Waals surface area contributed by atoms with Crippen LogP contribution in [0.5, 0.6) is 0 Å². The Labute approximate surface area is 72.7 Å². The number of rotatable bonds is 2. The van der Waals surface area contributed by atoms with Gasteiger partial charge in [-0.3, -0.25) is 0 Å². The highest BCUT2D eigenvalue weighted by Gasteiger charge is 1.90. The summed E-state index contributed by atoms with van der Waals surface area (Å²) in [7, 11) is 0. The second kappa shape index (κ2) is 3.91. The lowest BCUT2D eigenvalue weighted by Crippen LogP contribution is -1.91. The Morgan fingerprint density at radius 1 is 1.60 bits per heavy atom. The average Bonchev–Trinajstić information content (AvgIpc) is 2.31. The Hall–Kier alpha value is -0.120. The first-order chi connectivity index (χ1) is 4.83. The molecule has 1 aromatic rings. The molecule has 0 amide bonds. The number of thiophene rings is 1. The largest absolute Gasteiger partial charge is 0.327 e. The Bertz CT molecular complexity index is 229. The monoisotopic (exact) mass is 217 g/mol. The van der Waals surface area contributed by atoms with Crippen molar-refractivity contribution < 1.29 is 0 Å². The molecule has 0 aliphatic rings. The van der Waals surface area contributed by atoms with Crippen LogP contribution in [0.4, 0.5) is 0 Å². The van der Waals surface area contributed by atoms with Crippen LogP contribution < -0.4 is 5.73 Å². The Kier molecular flexibility index (Phi) is 3.12. The van der Waals surface area contributed by atoms with Gasteiger partial charge < -0.3 is 5.73 Å². The first-order valence-corrected chi connectivity index (χ1v) is 4.56. The molecule has 1 heterocycles. The molecule has 0 aliphatic heterocycles. The van der Waals surface area contributed by atoms with Crippen molar-refractivity contribution in [2.24, 2.45) is 5.73 Å². The van der Waals surface area contributed by atoms with Gasteiger partial charge in [-0.1, -0.05) is 6.08 Å². The van der Waals surface area contributed by atoms with Crippen LogP contribution >= 0.6 is 27.3 Å². The van der Waals surface area contributed by atoms with Gasteiger partial charge in [-0.2, -0.15) is 0 Å². The summed E-state index contributed by atoms with van der Waals surface area (Å²) in [4.78, 5) is 1.23. The molecule has 0 unspecified atom stereocenters. The molecule has 10 heavy (non-hydrogen) atoms. The molecule has 0 aromatic carbocycles. The van der Waals surface area contributed by atoms with Crippen LogP contribution in [0.3, 0.4) is 0 Å². The van der Waals surface area contributed by atoms with Crippen LogP contribution in [0.25, 0.3) is 6.08 Å². The molecule has 1 aromatic heterocycles. The molecular weight excluding hydrogens is 210 g/mol. The van der Waals surface area contributed by atoms with Crippen LogP contribution in [0.15, 0.2) is 22.0 Å². The summed E-state index contributed by atoms with van der Waals surface area (Å²) < 4.78 is 1.16. The van der Waals surface area contributed by atoms with E-state index >= 15 is 0 Å². The molecule has 2 N–H and O–H groups in total. The minimum Gasteiger partial charge on any atom is -0.327 e. The summed E-state index contributed by atoms with van der Waals surface area (Å²) in [6, 6.07) is 4.09. The van der Waals surface area contributed by atoms with Gasteiger partial charge in [0, 0.05) is 11.4 Å². The van der Waals surface area contributed by atoms with Crippen molar-refractivity contribution >= 4 is 33.3 Å². The van der Waals surface area contributed by atoms with Gasteiger partial charge in [0.15, 0.2) is 0 Å². The van der Waals surface area contributed by atoms with E-state index in [0.29, 0.717) is 6.54 Å². The van der Waals surface area contributed by atoms with Crippen molar-refractivity contribution in [1.82, 2.24) is 0 Å². The Morgan fingerprint density at radius 3 is 2.90 bits per heavy atom. The van der Waals surface area contributed by atoms with E-state index in [2.05, 4.69) is 22.0 Å². The van der Waals surface area contributed by atoms with Gasteiger partial charge in [0.25, 0.3) is 0 Å². The lowest BCUT2D eigenvalue weighted by Gasteiger charge is -1.80. The number of hydrogen-bond acceptors (Lipinski definition) is 2. The fraction of sp³-hybridized carbons (Fsp3) is 0.143. The third-order valence-electron chi connectivity index (χ3n) is 1.01. The van der Waals surface area contributed by atoms with Gasteiger partial charge in [0.2, 0.25) is 0 Å². The van der Waals surface area contributed by atoms with Crippen LogP contribution in [0.2, 0.25) is 0 Å². The second-order valence-electron chi connectivity index (χ2n) is 1.78. The first-order valence-electron chi connectivity index (χ1n) is 2.95. The normalized spacial score (nSPS) is 11.0. The zero-order valence-electron chi connectivity index (χ0n) is 5.38. The zero-order valence-corrected chi connectivity index (χ0v) is 7.78. The van der Waals surface area contributed by atoms with Gasteiger partial charge in [-0.25, -0.2) is 0 Å². The molecule has 1 nitrogen and oxygen atoms in total. The van der Waals surface area contributed by atoms with E-state index in [-0.39, 0.29) is 0 Å². The van der Waals surface area contributed by atoms with E-state index in [9.17, 15) is 0 Å². The third kappa shape index (κ3) is 2.25. The fourth-order valence-electron chi connectivity index (χ4n) is 0.602. The van der Waals surface area contributed by atoms with Crippen molar-refractivity contribution in [3.63, 3.8) is 0 Å². The third-order valence-corrected chi connectivity index (χ3v) is 2.60. The zero-order chi connectivity index (χ0) is 7.40. The molecule has 0 radical (unpaired) electrons. The maximum Gasteiger partial charge on any atom is 0.0704 e. The fourth-order valence-corrected chi connectivity index (χ4v) is 1.96. The van der Waals surface area contributed by atoms with Crippen LogP contribution in [0.1, 0.15) is 4.88 Å². The van der Waals surface area contributed by atoms with Crippen molar-refractivity contribution in [2.45, 2.75) is 0 Å².